The molecule has 3 nitrogen and oxygen atoms in total. The maximum Gasteiger partial charge on any atom is 0.298 e. The number of aromatic nitrogens is 1. The number of nitrogens with zero attached hydrogens (tertiary/aromatic N) is 2. The van der Waals surface area contributed by atoms with Crippen LogP contribution in [0.25, 0.3) is 11.1 Å². The molecule has 4 aliphatic rings. The third kappa shape index (κ3) is 2.28. The quantitative estimate of drug-likeness (QED) is 0.755. The van der Waals surface area contributed by atoms with Crippen molar-refractivity contribution in [1.82, 2.24) is 4.98 Å². The fourth-order valence-electron chi connectivity index (χ4n) is 5.94. The molecule has 2 saturated carbocycles. The number of benzene rings is 1. The van der Waals surface area contributed by atoms with Gasteiger partial charge >= 0.3 is 0 Å². The van der Waals surface area contributed by atoms with Crippen LogP contribution in [0.15, 0.2) is 28.7 Å². The minimum absolute atomic E-state index is 0.458. The maximum atomic E-state index is 6.12. The first-order chi connectivity index (χ1) is 11.5. The second kappa shape index (κ2) is 5.00. The molecule has 0 atom stereocenters. The highest BCUT2D eigenvalue weighted by Gasteiger charge is 2.53. The van der Waals surface area contributed by atoms with E-state index in [2.05, 4.69) is 31.7 Å². The molecule has 128 valence electrons. The SMILES string of the molecule is CC(C)(C)CC1C2CC3CC1CC(C2)N3c1nc2ccccc2o1. The third-order valence-corrected chi connectivity index (χ3v) is 6.65. The summed E-state index contributed by atoms with van der Waals surface area (Å²) >= 11 is 0. The normalized spacial score (nSPS) is 35.1. The van der Waals surface area contributed by atoms with Crippen molar-refractivity contribution < 1.29 is 4.42 Å². The molecule has 4 bridgehead atoms. The van der Waals surface area contributed by atoms with Crippen LogP contribution in [0.1, 0.15) is 52.9 Å². The van der Waals surface area contributed by atoms with E-state index in [0.717, 1.165) is 34.9 Å². The molecule has 4 fully saturated rings. The molecule has 0 spiro atoms. The van der Waals surface area contributed by atoms with Gasteiger partial charge in [-0.25, -0.2) is 0 Å². The van der Waals surface area contributed by atoms with E-state index in [9.17, 15) is 0 Å². The van der Waals surface area contributed by atoms with Gasteiger partial charge in [-0.15, -0.1) is 0 Å². The Morgan fingerprint density at radius 2 is 1.67 bits per heavy atom. The standard InChI is InChI=1S/C21H28N2O/c1-21(2,3)12-17-13-8-15-10-14(17)11-16(9-13)23(15)20-22-18-6-4-5-7-19(18)24-20/h4-7,13-17H,8-12H2,1-3H3. The maximum absolute atomic E-state index is 6.12. The molecule has 2 saturated heterocycles. The van der Waals surface area contributed by atoms with E-state index in [-0.39, 0.29) is 0 Å². The summed E-state index contributed by atoms with van der Waals surface area (Å²) in [4.78, 5) is 7.34. The monoisotopic (exact) mass is 324 g/mol. The second-order valence-electron chi connectivity index (χ2n) is 9.57. The molecule has 0 amide bonds. The lowest BCUT2D eigenvalue weighted by Gasteiger charge is -2.60. The van der Waals surface area contributed by atoms with Gasteiger partial charge in [0.25, 0.3) is 6.01 Å². The first kappa shape index (κ1) is 14.8. The summed E-state index contributed by atoms with van der Waals surface area (Å²) in [6, 6.07) is 10.3. The van der Waals surface area contributed by atoms with Crippen LogP contribution < -0.4 is 4.90 Å². The van der Waals surface area contributed by atoms with Gasteiger partial charge < -0.3 is 9.32 Å². The lowest BCUT2D eigenvalue weighted by atomic mass is 9.55. The minimum atomic E-state index is 0.458. The molecule has 0 N–H and O–H groups in total. The summed E-state index contributed by atoms with van der Waals surface area (Å²) in [7, 11) is 0. The molecule has 2 aliphatic heterocycles. The summed E-state index contributed by atoms with van der Waals surface area (Å²) in [5.41, 5.74) is 2.37. The van der Waals surface area contributed by atoms with Gasteiger partial charge in [0.1, 0.15) is 5.52 Å². The summed E-state index contributed by atoms with van der Waals surface area (Å²) in [6.07, 6.45) is 6.75. The Morgan fingerprint density at radius 1 is 1.04 bits per heavy atom. The van der Waals surface area contributed by atoms with Crippen molar-refractivity contribution in [3.8, 4) is 0 Å². The molecule has 2 aromatic rings. The number of anilines is 1. The minimum Gasteiger partial charge on any atom is -0.423 e. The van der Waals surface area contributed by atoms with Gasteiger partial charge in [0, 0.05) is 12.1 Å². The first-order valence-corrected chi connectivity index (χ1v) is 9.62. The van der Waals surface area contributed by atoms with Crippen molar-refractivity contribution in [1.29, 1.82) is 0 Å². The molecule has 1 aromatic heterocycles. The third-order valence-electron chi connectivity index (χ3n) is 6.65. The molecule has 1 aromatic carbocycles. The summed E-state index contributed by atoms with van der Waals surface area (Å²) < 4.78 is 6.12. The van der Waals surface area contributed by atoms with Crippen LogP contribution in [0.4, 0.5) is 6.01 Å². The highest BCUT2D eigenvalue weighted by atomic mass is 16.4. The predicted molar refractivity (Wildman–Crippen MR) is 97.1 cm³/mol. The lowest BCUT2D eigenvalue weighted by molar-refractivity contribution is -0.00330. The molecular weight excluding hydrogens is 296 g/mol. The molecule has 6 rings (SSSR count). The highest BCUT2D eigenvalue weighted by molar-refractivity contribution is 5.74. The molecule has 0 unspecified atom stereocenters. The Balaban J connectivity index is 1.42. The second-order valence-corrected chi connectivity index (χ2v) is 9.57. The van der Waals surface area contributed by atoms with Crippen LogP contribution >= 0.6 is 0 Å². The predicted octanol–water partition coefficient (Wildman–Crippen LogP) is 5.26. The summed E-state index contributed by atoms with van der Waals surface area (Å²) in [6.45, 7) is 7.22. The topological polar surface area (TPSA) is 29.3 Å². The van der Waals surface area contributed by atoms with Crippen molar-refractivity contribution in [3.63, 3.8) is 0 Å². The Bertz CT molecular complexity index is 694. The zero-order valence-electron chi connectivity index (χ0n) is 15.0. The van der Waals surface area contributed by atoms with Gasteiger partial charge in [0.2, 0.25) is 0 Å². The fourth-order valence-corrected chi connectivity index (χ4v) is 5.94. The van der Waals surface area contributed by atoms with Gasteiger partial charge in [0.15, 0.2) is 5.58 Å². The van der Waals surface area contributed by atoms with E-state index in [1.165, 1.54) is 32.1 Å². The van der Waals surface area contributed by atoms with Crippen molar-refractivity contribution in [2.45, 2.75) is 65.0 Å². The van der Waals surface area contributed by atoms with Crippen LogP contribution in [0.2, 0.25) is 0 Å². The lowest BCUT2D eigenvalue weighted by Crippen LogP contribution is -2.61. The van der Waals surface area contributed by atoms with Gasteiger partial charge in [-0.1, -0.05) is 32.9 Å². The number of para-hydroxylation sites is 2. The Kier molecular flexibility index (Phi) is 3.08. The van der Waals surface area contributed by atoms with Gasteiger partial charge in [-0.05, 0) is 67.4 Å². The average molecular weight is 324 g/mol. The Hall–Kier alpha value is -1.51. The van der Waals surface area contributed by atoms with E-state index >= 15 is 0 Å². The molecular formula is C21H28N2O. The average Bonchev–Trinajstić information content (AvgIpc) is 2.92. The summed E-state index contributed by atoms with van der Waals surface area (Å²) in [5, 5.41) is 0. The zero-order valence-corrected chi connectivity index (χ0v) is 15.0. The number of oxazole rings is 1. The number of rotatable bonds is 2. The molecule has 24 heavy (non-hydrogen) atoms. The summed E-state index contributed by atoms with van der Waals surface area (Å²) in [5.74, 6) is 2.79. The van der Waals surface area contributed by atoms with Crippen molar-refractivity contribution in [2.24, 2.45) is 23.2 Å². The van der Waals surface area contributed by atoms with E-state index in [4.69, 9.17) is 9.40 Å². The number of hydrogen-bond acceptors (Lipinski definition) is 3. The van der Waals surface area contributed by atoms with Crippen molar-refractivity contribution in [3.05, 3.63) is 24.3 Å². The number of piperidine rings is 2. The largest absolute Gasteiger partial charge is 0.423 e. The van der Waals surface area contributed by atoms with Crippen molar-refractivity contribution >= 4 is 17.1 Å². The van der Waals surface area contributed by atoms with E-state index < -0.39 is 0 Å². The Morgan fingerprint density at radius 3 is 2.25 bits per heavy atom. The van der Waals surface area contributed by atoms with E-state index in [1.54, 1.807) is 0 Å². The molecule has 3 heteroatoms. The number of fused-ring (bicyclic) bond motifs is 1. The van der Waals surface area contributed by atoms with Crippen molar-refractivity contribution in [2.75, 3.05) is 4.90 Å². The van der Waals surface area contributed by atoms with Crippen LogP contribution in [-0.4, -0.2) is 17.1 Å². The Labute approximate surface area is 144 Å². The van der Waals surface area contributed by atoms with Crippen LogP contribution in [0, 0.1) is 23.2 Å². The first-order valence-electron chi connectivity index (χ1n) is 9.62. The zero-order chi connectivity index (χ0) is 16.5. The number of hydrogen-bond donors (Lipinski definition) is 0. The van der Waals surface area contributed by atoms with Gasteiger partial charge in [-0.2, -0.15) is 4.98 Å². The smallest absolute Gasteiger partial charge is 0.298 e. The molecule has 3 heterocycles. The van der Waals surface area contributed by atoms with Crippen LogP contribution in [-0.2, 0) is 0 Å². The fraction of sp³-hybridized carbons (Fsp3) is 0.667. The van der Waals surface area contributed by atoms with E-state index in [0.29, 0.717) is 17.5 Å². The van der Waals surface area contributed by atoms with E-state index in [1.807, 2.05) is 18.2 Å². The van der Waals surface area contributed by atoms with Gasteiger partial charge in [-0.3, -0.25) is 0 Å². The van der Waals surface area contributed by atoms with Gasteiger partial charge in [0.05, 0.1) is 0 Å². The van der Waals surface area contributed by atoms with Crippen LogP contribution in [0.3, 0.4) is 0 Å². The molecule has 0 radical (unpaired) electrons. The van der Waals surface area contributed by atoms with Crippen LogP contribution in [0.5, 0.6) is 0 Å². The highest BCUT2D eigenvalue weighted by Crippen LogP contribution is 2.56. The molecule has 2 aliphatic carbocycles.